The third kappa shape index (κ3) is 2.36. The van der Waals surface area contributed by atoms with E-state index in [2.05, 4.69) is 24.5 Å². The van der Waals surface area contributed by atoms with E-state index in [1.165, 1.54) is 11.5 Å². The molecular weight excluding hydrogens is 266 g/mol. The molecule has 1 fully saturated rings. The first-order valence-electron chi connectivity index (χ1n) is 5.87. The van der Waals surface area contributed by atoms with Gasteiger partial charge in [-0.25, -0.2) is 0 Å². The largest absolute Gasteiger partial charge is 0.367 e. The van der Waals surface area contributed by atoms with Crippen molar-refractivity contribution in [3.63, 3.8) is 0 Å². The molecule has 0 aromatic carbocycles. The molecule has 1 amide bonds. The molecule has 100 valence electrons. The van der Waals surface area contributed by atoms with Crippen LogP contribution in [-0.2, 0) is 0 Å². The molecule has 0 saturated carbocycles. The van der Waals surface area contributed by atoms with Gasteiger partial charge in [-0.15, -0.1) is 0 Å². The summed E-state index contributed by atoms with van der Waals surface area (Å²) >= 11 is 1.28. The van der Waals surface area contributed by atoms with Crippen molar-refractivity contribution in [3.8, 4) is 0 Å². The minimum Gasteiger partial charge on any atom is -0.367 e. The van der Waals surface area contributed by atoms with Crippen LogP contribution in [0.25, 0.3) is 0 Å². The molecule has 1 saturated heterocycles. The summed E-state index contributed by atoms with van der Waals surface area (Å²) in [5.41, 5.74) is 6.03. The fourth-order valence-corrected chi connectivity index (χ4v) is 2.65. The van der Waals surface area contributed by atoms with Crippen LogP contribution in [0, 0.1) is 0 Å². The van der Waals surface area contributed by atoms with E-state index >= 15 is 0 Å². The molecule has 0 unspecified atom stereocenters. The monoisotopic (exact) mass is 279 g/mol. The average Bonchev–Trinajstić information content (AvgIpc) is 3.09. The molecule has 0 spiro atoms. The predicted octanol–water partition coefficient (Wildman–Crippen LogP) is -0.194. The number of anilines is 2. The number of amides is 1. The fourth-order valence-electron chi connectivity index (χ4n) is 2.00. The van der Waals surface area contributed by atoms with E-state index < -0.39 is 0 Å². The number of nitrogens with one attached hydrogen (secondary N) is 1. The minimum atomic E-state index is -0.0195. The second-order valence-electron chi connectivity index (χ2n) is 4.18. The van der Waals surface area contributed by atoms with Crippen LogP contribution >= 0.6 is 11.5 Å². The van der Waals surface area contributed by atoms with Gasteiger partial charge >= 0.3 is 0 Å². The van der Waals surface area contributed by atoms with E-state index in [0.29, 0.717) is 24.7 Å². The van der Waals surface area contributed by atoms with Gasteiger partial charge in [0.15, 0.2) is 0 Å². The molecule has 8 nitrogen and oxygen atoms in total. The lowest BCUT2D eigenvalue weighted by Gasteiger charge is -2.34. The Bertz CT molecular complexity index is 558. The highest BCUT2D eigenvalue weighted by Crippen LogP contribution is 2.20. The normalized spacial score (nSPS) is 15.8. The molecule has 0 bridgehead atoms. The number of hydrogen-bond acceptors (Lipinski definition) is 7. The Morgan fingerprint density at radius 1 is 1.37 bits per heavy atom. The molecule has 3 heterocycles. The van der Waals surface area contributed by atoms with Crippen molar-refractivity contribution >= 4 is 28.5 Å². The summed E-state index contributed by atoms with van der Waals surface area (Å²) in [6.45, 7) is 2.76. The van der Waals surface area contributed by atoms with Crippen molar-refractivity contribution in [2.24, 2.45) is 0 Å². The van der Waals surface area contributed by atoms with Crippen LogP contribution in [0.3, 0.4) is 0 Å². The maximum atomic E-state index is 12.1. The summed E-state index contributed by atoms with van der Waals surface area (Å²) in [6, 6.07) is 1.68. The van der Waals surface area contributed by atoms with Crippen LogP contribution in [0.5, 0.6) is 0 Å². The number of H-pyrrole nitrogens is 1. The highest BCUT2D eigenvalue weighted by molar-refractivity contribution is 7.09. The van der Waals surface area contributed by atoms with Crippen LogP contribution < -0.4 is 10.6 Å². The van der Waals surface area contributed by atoms with E-state index in [9.17, 15) is 4.79 Å². The van der Waals surface area contributed by atoms with Gasteiger partial charge in [0.1, 0.15) is 5.69 Å². The van der Waals surface area contributed by atoms with Gasteiger partial charge in [0.05, 0.1) is 0 Å². The lowest BCUT2D eigenvalue weighted by Crippen LogP contribution is -2.48. The number of aromatic amines is 1. The van der Waals surface area contributed by atoms with Crippen LogP contribution in [0.2, 0.25) is 0 Å². The van der Waals surface area contributed by atoms with Crippen LogP contribution in [0.1, 0.15) is 10.5 Å². The molecule has 0 aliphatic carbocycles. The van der Waals surface area contributed by atoms with Gasteiger partial charge < -0.3 is 15.5 Å². The maximum absolute atomic E-state index is 12.1. The molecular formula is C10H13N7OS. The van der Waals surface area contributed by atoms with Crippen molar-refractivity contribution in [1.82, 2.24) is 24.5 Å². The Hall–Kier alpha value is -2.16. The molecule has 3 N–H and O–H groups in total. The zero-order valence-corrected chi connectivity index (χ0v) is 10.9. The number of hydrogen-bond donors (Lipinski definition) is 2. The lowest BCUT2D eigenvalue weighted by atomic mass is 10.3. The second-order valence-corrected chi connectivity index (χ2v) is 4.92. The third-order valence-corrected chi connectivity index (χ3v) is 3.79. The number of nitrogens with zero attached hydrogens (tertiary/aromatic N) is 5. The van der Waals surface area contributed by atoms with E-state index in [0.717, 1.165) is 18.2 Å². The highest BCUT2D eigenvalue weighted by atomic mass is 32.1. The van der Waals surface area contributed by atoms with Gasteiger partial charge in [0.2, 0.25) is 11.1 Å². The smallest absolute Gasteiger partial charge is 0.271 e. The van der Waals surface area contributed by atoms with Crippen LogP contribution in [0.15, 0.2) is 12.3 Å². The van der Waals surface area contributed by atoms with Gasteiger partial charge in [-0.1, -0.05) is 0 Å². The number of nitrogens with two attached hydrogens (primary N) is 1. The molecule has 9 heteroatoms. The molecule has 1 aliphatic heterocycles. The SMILES string of the molecule is Nc1nsc(N2CCN(C(=O)c3ccn[nH]3)CC2)n1. The predicted molar refractivity (Wildman–Crippen MR) is 71.0 cm³/mol. The summed E-state index contributed by atoms with van der Waals surface area (Å²) in [4.78, 5) is 20.1. The maximum Gasteiger partial charge on any atom is 0.271 e. The number of aromatic nitrogens is 4. The summed E-state index contributed by atoms with van der Waals surface area (Å²) in [6.07, 6.45) is 1.58. The number of nitrogen functional groups attached to an aromatic ring is 1. The van der Waals surface area contributed by atoms with Crippen molar-refractivity contribution < 1.29 is 4.79 Å². The summed E-state index contributed by atoms with van der Waals surface area (Å²) in [7, 11) is 0. The Labute approximate surface area is 113 Å². The second kappa shape index (κ2) is 4.84. The molecule has 2 aromatic heterocycles. The van der Waals surface area contributed by atoms with Gasteiger partial charge in [-0.2, -0.15) is 14.5 Å². The highest BCUT2D eigenvalue weighted by Gasteiger charge is 2.24. The zero-order valence-electron chi connectivity index (χ0n) is 10.1. The third-order valence-electron chi connectivity index (χ3n) is 3.00. The first kappa shape index (κ1) is 11.9. The molecule has 2 aromatic rings. The molecule has 1 aliphatic rings. The number of piperazine rings is 1. The molecule has 0 atom stereocenters. The first-order chi connectivity index (χ1) is 9.24. The van der Waals surface area contributed by atoms with Crippen molar-refractivity contribution in [2.75, 3.05) is 36.8 Å². The lowest BCUT2D eigenvalue weighted by molar-refractivity contribution is 0.0741. The fraction of sp³-hybridized carbons (Fsp3) is 0.400. The Morgan fingerprint density at radius 3 is 2.74 bits per heavy atom. The van der Waals surface area contributed by atoms with Crippen molar-refractivity contribution in [1.29, 1.82) is 0 Å². The topological polar surface area (TPSA) is 104 Å². The average molecular weight is 279 g/mol. The van der Waals surface area contributed by atoms with Crippen LogP contribution in [-0.4, -0.2) is 56.5 Å². The zero-order chi connectivity index (χ0) is 13.2. The minimum absolute atomic E-state index is 0.0195. The standard InChI is InChI=1S/C10H13N7OS/c11-9-13-10(19-15-9)17-5-3-16(4-6-17)8(18)7-1-2-12-14-7/h1-2H,3-6H2,(H2,11,15)(H,12,14). The molecule has 19 heavy (non-hydrogen) atoms. The van der Waals surface area contributed by atoms with Gasteiger partial charge in [-0.05, 0) is 6.07 Å². The number of rotatable bonds is 2. The van der Waals surface area contributed by atoms with Crippen LogP contribution in [0.4, 0.5) is 11.1 Å². The number of carbonyl (C=O) groups excluding carboxylic acids is 1. The van der Waals surface area contributed by atoms with E-state index in [1.807, 2.05) is 0 Å². The molecule has 0 radical (unpaired) electrons. The van der Waals surface area contributed by atoms with E-state index in [4.69, 9.17) is 5.73 Å². The Balaban J connectivity index is 1.62. The van der Waals surface area contributed by atoms with Crippen molar-refractivity contribution in [3.05, 3.63) is 18.0 Å². The van der Waals surface area contributed by atoms with E-state index in [-0.39, 0.29) is 5.91 Å². The van der Waals surface area contributed by atoms with Crippen molar-refractivity contribution in [2.45, 2.75) is 0 Å². The summed E-state index contributed by atoms with van der Waals surface area (Å²) < 4.78 is 3.96. The molecule has 3 rings (SSSR count). The quantitative estimate of drug-likeness (QED) is 0.789. The summed E-state index contributed by atoms with van der Waals surface area (Å²) in [5, 5.41) is 7.29. The van der Waals surface area contributed by atoms with Gasteiger partial charge in [0.25, 0.3) is 5.91 Å². The van der Waals surface area contributed by atoms with Gasteiger partial charge in [-0.3, -0.25) is 9.89 Å². The Kier molecular flexibility index (Phi) is 3.03. The van der Waals surface area contributed by atoms with E-state index in [1.54, 1.807) is 17.2 Å². The summed E-state index contributed by atoms with van der Waals surface area (Å²) in [5.74, 6) is 0.282. The van der Waals surface area contributed by atoms with Gasteiger partial charge in [0, 0.05) is 43.9 Å². The first-order valence-corrected chi connectivity index (χ1v) is 6.64. The number of carbonyl (C=O) groups is 1. The Morgan fingerprint density at radius 2 is 2.16 bits per heavy atom.